The number of methoxy groups -OCH3 is 1. The first-order chi connectivity index (χ1) is 9.83. The molecular weight excluding hydrogens is 292 g/mol. The lowest BCUT2D eigenvalue weighted by molar-refractivity contribution is 0.402. The highest BCUT2D eigenvalue weighted by Crippen LogP contribution is 2.26. The minimum Gasteiger partial charge on any atom is -0.495 e. The van der Waals surface area contributed by atoms with Crippen molar-refractivity contribution in [1.29, 1.82) is 0 Å². The number of anilines is 1. The largest absolute Gasteiger partial charge is 0.495 e. The van der Waals surface area contributed by atoms with Crippen molar-refractivity contribution in [3.05, 3.63) is 35.7 Å². The van der Waals surface area contributed by atoms with Gasteiger partial charge in [-0.25, -0.2) is 13.1 Å². The van der Waals surface area contributed by atoms with E-state index in [1.807, 2.05) is 6.92 Å². The highest BCUT2D eigenvalue weighted by molar-refractivity contribution is 7.89. The average Bonchev–Trinajstić information content (AvgIpc) is 2.74. The number of aryl methyl sites for hydroxylation is 2. The molecule has 0 aliphatic carbocycles. The second-order valence-electron chi connectivity index (χ2n) is 4.65. The molecule has 1 heterocycles. The summed E-state index contributed by atoms with van der Waals surface area (Å²) >= 11 is 0. The fourth-order valence-corrected chi connectivity index (χ4v) is 3.13. The molecule has 21 heavy (non-hydrogen) atoms. The molecule has 0 atom stereocenters. The Morgan fingerprint density at radius 3 is 2.71 bits per heavy atom. The number of benzene rings is 1. The van der Waals surface area contributed by atoms with Crippen LogP contribution in [0.15, 0.2) is 29.3 Å². The first-order valence-electron chi connectivity index (χ1n) is 6.26. The maximum Gasteiger partial charge on any atom is 0.244 e. The number of rotatable bonds is 5. The van der Waals surface area contributed by atoms with Crippen LogP contribution in [0.3, 0.4) is 0 Å². The summed E-state index contributed by atoms with van der Waals surface area (Å²) in [6.07, 6.45) is 1.78. The van der Waals surface area contributed by atoms with E-state index in [4.69, 9.17) is 10.5 Å². The summed E-state index contributed by atoms with van der Waals surface area (Å²) in [5.41, 5.74) is 7.66. The summed E-state index contributed by atoms with van der Waals surface area (Å²) in [4.78, 5) is 0.0562. The van der Waals surface area contributed by atoms with Crippen molar-refractivity contribution >= 4 is 15.7 Å². The van der Waals surface area contributed by atoms with Crippen molar-refractivity contribution < 1.29 is 13.2 Å². The third-order valence-corrected chi connectivity index (χ3v) is 4.49. The third-order valence-electron chi connectivity index (χ3n) is 3.04. The molecule has 0 saturated heterocycles. The van der Waals surface area contributed by atoms with Gasteiger partial charge in [0.15, 0.2) is 0 Å². The van der Waals surface area contributed by atoms with E-state index in [2.05, 4.69) is 9.82 Å². The zero-order chi connectivity index (χ0) is 15.6. The first kappa shape index (κ1) is 15.3. The van der Waals surface area contributed by atoms with Gasteiger partial charge in [-0.3, -0.25) is 4.68 Å². The SMILES string of the molecule is COc1cc(N)ccc1S(=O)(=O)NCc1cn(C)nc1C. The number of hydrogen-bond acceptors (Lipinski definition) is 5. The Hall–Kier alpha value is -2.06. The molecule has 2 aromatic rings. The number of ether oxygens (including phenoxy) is 1. The Balaban J connectivity index is 2.25. The predicted molar refractivity (Wildman–Crippen MR) is 79.4 cm³/mol. The van der Waals surface area contributed by atoms with Crippen LogP contribution in [0.1, 0.15) is 11.3 Å². The second kappa shape index (κ2) is 5.74. The number of sulfonamides is 1. The number of hydrogen-bond donors (Lipinski definition) is 2. The van der Waals surface area contributed by atoms with Gasteiger partial charge in [0.25, 0.3) is 0 Å². The molecule has 3 N–H and O–H groups in total. The molecule has 0 spiro atoms. The van der Waals surface area contributed by atoms with Gasteiger partial charge in [-0.15, -0.1) is 0 Å². The van der Waals surface area contributed by atoms with Crippen LogP contribution in [-0.2, 0) is 23.6 Å². The van der Waals surface area contributed by atoms with E-state index in [9.17, 15) is 8.42 Å². The normalized spacial score (nSPS) is 11.6. The summed E-state index contributed by atoms with van der Waals surface area (Å²) in [6.45, 7) is 1.99. The third kappa shape index (κ3) is 3.34. The van der Waals surface area contributed by atoms with Crippen LogP contribution >= 0.6 is 0 Å². The smallest absolute Gasteiger partial charge is 0.244 e. The maximum atomic E-state index is 12.4. The lowest BCUT2D eigenvalue weighted by Gasteiger charge is -2.11. The van der Waals surface area contributed by atoms with E-state index in [0.717, 1.165) is 11.3 Å². The fourth-order valence-electron chi connectivity index (χ4n) is 1.98. The summed E-state index contributed by atoms with van der Waals surface area (Å²) in [5.74, 6) is 0.213. The molecule has 0 amide bonds. The molecule has 2 rings (SSSR count). The minimum absolute atomic E-state index is 0.0562. The van der Waals surface area contributed by atoms with Gasteiger partial charge in [0.05, 0.1) is 12.8 Å². The first-order valence-corrected chi connectivity index (χ1v) is 7.74. The number of nitrogen functional groups attached to an aromatic ring is 1. The van der Waals surface area contributed by atoms with Crippen LogP contribution < -0.4 is 15.2 Å². The molecule has 0 bridgehead atoms. The van der Waals surface area contributed by atoms with Crippen molar-refractivity contribution in [2.75, 3.05) is 12.8 Å². The van der Waals surface area contributed by atoms with E-state index in [-0.39, 0.29) is 17.2 Å². The Morgan fingerprint density at radius 1 is 1.43 bits per heavy atom. The van der Waals surface area contributed by atoms with Crippen LogP contribution in [0, 0.1) is 6.92 Å². The monoisotopic (exact) mass is 310 g/mol. The fraction of sp³-hybridized carbons (Fsp3) is 0.308. The van der Waals surface area contributed by atoms with E-state index in [1.165, 1.54) is 25.3 Å². The Kier molecular flexibility index (Phi) is 4.19. The van der Waals surface area contributed by atoms with Gasteiger partial charge >= 0.3 is 0 Å². The van der Waals surface area contributed by atoms with Crippen LogP contribution in [0.25, 0.3) is 0 Å². The van der Waals surface area contributed by atoms with Gasteiger partial charge in [-0.2, -0.15) is 5.10 Å². The molecular formula is C13H18N4O3S. The van der Waals surface area contributed by atoms with Gasteiger partial charge in [0.1, 0.15) is 10.6 Å². The molecule has 7 nitrogen and oxygen atoms in total. The number of aromatic nitrogens is 2. The highest BCUT2D eigenvalue weighted by atomic mass is 32.2. The van der Waals surface area contributed by atoms with E-state index >= 15 is 0 Å². The van der Waals surface area contributed by atoms with Crippen molar-refractivity contribution in [1.82, 2.24) is 14.5 Å². The standard InChI is InChI=1S/C13H18N4O3S/c1-9-10(8-17(2)16-9)7-15-21(18,19)13-5-4-11(14)6-12(13)20-3/h4-6,8,15H,7,14H2,1-3H3. The zero-order valence-corrected chi connectivity index (χ0v) is 12.9. The van der Waals surface area contributed by atoms with Crippen LogP contribution in [0.4, 0.5) is 5.69 Å². The van der Waals surface area contributed by atoms with Gasteiger partial charge in [0.2, 0.25) is 10.0 Å². The molecule has 0 aliphatic heterocycles. The Bertz CT molecular complexity index is 753. The Morgan fingerprint density at radius 2 is 2.14 bits per heavy atom. The quantitative estimate of drug-likeness (QED) is 0.796. The minimum atomic E-state index is -3.69. The molecule has 1 aromatic carbocycles. The molecule has 0 radical (unpaired) electrons. The van der Waals surface area contributed by atoms with Crippen LogP contribution in [-0.4, -0.2) is 25.3 Å². The van der Waals surface area contributed by atoms with Crippen molar-refractivity contribution in [3.63, 3.8) is 0 Å². The zero-order valence-electron chi connectivity index (χ0n) is 12.1. The molecule has 114 valence electrons. The lowest BCUT2D eigenvalue weighted by Crippen LogP contribution is -2.24. The molecule has 0 saturated carbocycles. The second-order valence-corrected chi connectivity index (χ2v) is 6.38. The molecule has 1 aromatic heterocycles. The Labute approximate surface area is 123 Å². The van der Waals surface area contributed by atoms with E-state index in [1.54, 1.807) is 17.9 Å². The highest BCUT2D eigenvalue weighted by Gasteiger charge is 2.20. The lowest BCUT2D eigenvalue weighted by atomic mass is 10.3. The molecule has 8 heteroatoms. The molecule has 0 aliphatic rings. The van der Waals surface area contributed by atoms with E-state index in [0.29, 0.717) is 5.69 Å². The van der Waals surface area contributed by atoms with Crippen LogP contribution in [0.2, 0.25) is 0 Å². The molecule has 0 fully saturated rings. The number of nitrogens with zero attached hydrogens (tertiary/aromatic N) is 2. The van der Waals surface area contributed by atoms with Crippen molar-refractivity contribution in [2.45, 2.75) is 18.4 Å². The average molecular weight is 310 g/mol. The maximum absolute atomic E-state index is 12.4. The number of nitrogens with one attached hydrogen (secondary N) is 1. The van der Waals surface area contributed by atoms with Crippen molar-refractivity contribution in [3.8, 4) is 5.75 Å². The predicted octanol–water partition coefficient (Wildman–Crippen LogP) is 0.798. The summed E-state index contributed by atoms with van der Waals surface area (Å²) < 4.78 is 34.0. The van der Waals surface area contributed by atoms with Gasteiger partial charge in [-0.05, 0) is 19.1 Å². The van der Waals surface area contributed by atoms with Gasteiger partial charge < -0.3 is 10.5 Å². The van der Waals surface area contributed by atoms with Gasteiger partial charge in [-0.1, -0.05) is 0 Å². The van der Waals surface area contributed by atoms with Gasteiger partial charge in [0, 0.05) is 37.1 Å². The summed E-state index contributed by atoms with van der Waals surface area (Å²) in [7, 11) is -0.506. The summed E-state index contributed by atoms with van der Waals surface area (Å²) in [5, 5.41) is 4.17. The van der Waals surface area contributed by atoms with Crippen molar-refractivity contribution in [2.24, 2.45) is 7.05 Å². The molecule has 0 unspecified atom stereocenters. The number of nitrogens with two attached hydrogens (primary N) is 1. The van der Waals surface area contributed by atoms with E-state index < -0.39 is 10.0 Å². The van der Waals surface area contributed by atoms with Crippen LogP contribution in [0.5, 0.6) is 5.75 Å². The summed E-state index contributed by atoms with van der Waals surface area (Å²) in [6, 6.07) is 4.42. The topological polar surface area (TPSA) is 99.2 Å².